The van der Waals surface area contributed by atoms with E-state index in [-0.39, 0.29) is 17.8 Å². The monoisotopic (exact) mass is 574 g/mol. The zero-order valence-corrected chi connectivity index (χ0v) is 22.4. The minimum absolute atomic E-state index is 0.174. The highest BCUT2D eigenvalue weighted by molar-refractivity contribution is 6.10. The van der Waals surface area contributed by atoms with Crippen LogP contribution in [0, 0.1) is 32.1 Å². The summed E-state index contributed by atoms with van der Waals surface area (Å²) in [6.07, 6.45) is 0. The van der Waals surface area contributed by atoms with Crippen LogP contribution < -0.4 is 0 Å². The van der Waals surface area contributed by atoms with Crippen molar-refractivity contribution < 1.29 is 24.2 Å². The van der Waals surface area contributed by atoms with Crippen molar-refractivity contribution in [1.29, 1.82) is 0 Å². The molecule has 1 saturated heterocycles. The maximum absolute atomic E-state index is 14.4. The Labute approximate surface area is 244 Å². The van der Waals surface area contributed by atoms with Crippen molar-refractivity contribution in [1.82, 2.24) is 10.0 Å². The molecule has 0 N–H and O–H groups in total. The van der Waals surface area contributed by atoms with Gasteiger partial charge in [-0.15, -0.1) is 0 Å². The Morgan fingerprint density at radius 2 is 1.14 bits per heavy atom. The third-order valence-corrected chi connectivity index (χ3v) is 8.71. The molecule has 4 aromatic rings. The first kappa shape index (κ1) is 26.2. The minimum atomic E-state index is -0.909. The molecule has 8 rings (SSSR count). The first-order valence-electron chi connectivity index (χ1n) is 13.6. The molecule has 0 unspecified atom stereocenters. The van der Waals surface area contributed by atoms with Crippen LogP contribution in [-0.4, -0.2) is 37.6 Å². The van der Waals surface area contributed by atoms with Gasteiger partial charge in [-0.1, -0.05) is 72.8 Å². The second-order valence-corrected chi connectivity index (χ2v) is 10.8. The Morgan fingerprint density at radius 1 is 0.674 bits per heavy atom. The number of nitro groups is 2. The molecular formula is C32H22N4O7. The van der Waals surface area contributed by atoms with E-state index in [1.165, 1.54) is 48.5 Å². The molecule has 3 aliphatic carbocycles. The van der Waals surface area contributed by atoms with Crippen LogP contribution in [0.4, 0.5) is 11.4 Å². The summed E-state index contributed by atoms with van der Waals surface area (Å²) in [5, 5.41) is 24.8. The molecule has 4 aromatic carbocycles. The fourth-order valence-corrected chi connectivity index (χ4v) is 6.98. The van der Waals surface area contributed by atoms with Gasteiger partial charge in [-0.25, -0.2) is 5.01 Å². The van der Waals surface area contributed by atoms with Crippen LogP contribution in [0.3, 0.4) is 0 Å². The van der Waals surface area contributed by atoms with Gasteiger partial charge in [0.2, 0.25) is 0 Å². The van der Waals surface area contributed by atoms with Crippen molar-refractivity contribution in [2.45, 2.75) is 18.4 Å². The zero-order chi connectivity index (χ0) is 30.0. The third kappa shape index (κ3) is 3.85. The molecule has 2 bridgehead atoms. The average Bonchev–Trinajstić information content (AvgIpc) is 3.29. The summed E-state index contributed by atoms with van der Waals surface area (Å²) in [6, 6.07) is 26.1. The molecule has 4 aliphatic rings. The number of hydrogen-bond donors (Lipinski definition) is 0. The number of amides is 3. The largest absolute Gasteiger partial charge is 0.282 e. The van der Waals surface area contributed by atoms with Crippen LogP contribution in [-0.2, 0) is 16.1 Å². The van der Waals surface area contributed by atoms with E-state index in [1.54, 1.807) is 0 Å². The first-order valence-corrected chi connectivity index (χ1v) is 13.6. The summed E-state index contributed by atoms with van der Waals surface area (Å²) in [5.41, 5.74) is 3.29. The molecule has 1 heterocycles. The SMILES string of the molecule is O=C(c1ccccc1[N+](=O)[O-])N(Cc1ccc([N+](=O)[O-])cc1)N1C(=O)[C@@H]2C3c4ccccc4C(c4ccccc43)[C@@H]2C1=O. The number of carbonyl (C=O) groups excluding carboxylic acids is 3. The minimum Gasteiger partial charge on any atom is -0.272 e. The molecule has 11 heteroatoms. The van der Waals surface area contributed by atoms with Crippen molar-refractivity contribution in [3.63, 3.8) is 0 Å². The molecule has 1 aliphatic heterocycles. The molecule has 0 aromatic heterocycles. The van der Waals surface area contributed by atoms with E-state index in [0.29, 0.717) is 5.56 Å². The Hall–Kier alpha value is -5.71. The quantitative estimate of drug-likeness (QED) is 0.180. The molecule has 1 fully saturated rings. The van der Waals surface area contributed by atoms with Gasteiger partial charge in [0.1, 0.15) is 5.56 Å². The van der Waals surface area contributed by atoms with Crippen molar-refractivity contribution in [3.8, 4) is 0 Å². The summed E-state index contributed by atoms with van der Waals surface area (Å²) in [6.45, 7) is -0.324. The molecule has 0 radical (unpaired) electrons. The Bertz CT molecular complexity index is 1760. The van der Waals surface area contributed by atoms with E-state index < -0.39 is 56.9 Å². The zero-order valence-electron chi connectivity index (χ0n) is 22.4. The standard InChI is InChI=1S/C32H22N4O7/c37-30(24-11-5-6-12-25(24)36(42)43)33(17-18-13-15-19(16-14-18)35(40)41)34-31(38)28-26-20-7-1-2-8-21(20)27(29(28)32(34)39)23-10-4-3-9-22(23)26/h1-16,26-29H,17H2/t26?,27?,28-,29+. The number of carbonyl (C=O) groups is 3. The summed E-state index contributed by atoms with van der Waals surface area (Å²) in [5.74, 6) is -4.42. The van der Waals surface area contributed by atoms with Gasteiger partial charge >= 0.3 is 0 Å². The smallest absolute Gasteiger partial charge is 0.272 e. The van der Waals surface area contributed by atoms with Crippen LogP contribution in [0.15, 0.2) is 97.1 Å². The average molecular weight is 575 g/mol. The van der Waals surface area contributed by atoms with Gasteiger partial charge in [0.25, 0.3) is 29.1 Å². The Kier molecular flexibility index (Phi) is 5.91. The first-order chi connectivity index (χ1) is 20.8. The van der Waals surface area contributed by atoms with Gasteiger partial charge in [0.05, 0.1) is 28.2 Å². The van der Waals surface area contributed by atoms with Crippen molar-refractivity contribution in [2.75, 3.05) is 0 Å². The third-order valence-electron chi connectivity index (χ3n) is 8.71. The van der Waals surface area contributed by atoms with Gasteiger partial charge in [0, 0.05) is 30.0 Å². The number of nitro benzene ring substituents is 2. The van der Waals surface area contributed by atoms with Crippen LogP contribution in [0.1, 0.15) is 50.0 Å². The van der Waals surface area contributed by atoms with Crippen LogP contribution >= 0.6 is 0 Å². The molecule has 212 valence electrons. The number of hydrazine groups is 1. The van der Waals surface area contributed by atoms with Gasteiger partial charge in [-0.3, -0.25) is 34.6 Å². The molecule has 0 spiro atoms. The number of imide groups is 1. The lowest BCUT2D eigenvalue weighted by atomic mass is 9.55. The van der Waals surface area contributed by atoms with E-state index in [4.69, 9.17) is 0 Å². The van der Waals surface area contributed by atoms with Crippen LogP contribution in [0.25, 0.3) is 0 Å². The van der Waals surface area contributed by atoms with Crippen LogP contribution in [0.5, 0.6) is 0 Å². The van der Waals surface area contributed by atoms with Gasteiger partial charge in [-0.05, 0) is 33.9 Å². The highest BCUT2D eigenvalue weighted by Gasteiger charge is 2.63. The van der Waals surface area contributed by atoms with Gasteiger partial charge in [-0.2, -0.15) is 5.01 Å². The number of nitrogens with zero attached hydrogens (tertiary/aromatic N) is 4. The van der Waals surface area contributed by atoms with E-state index in [9.17, 15) is 34.6 Å². The summed E-state index contributed by atoms with van der Waals surface area (Å²) >= 11 is 0. The number of para-hydroxylation sites is 1. The van der Waals surface area contributed by atoms with E-state index >= 15 is 0 Å². The molecule has 2 atom stereocenters. The number of non-ortho nitro benzene ring substituents is 1. The second-order valence-electron chi connectivity index (χ2n) is 10.8. The van der Waals surface area contributed by atoms with Gasteiger partial charge < -0.3 is 0 Å². The predicted octanol–water partition coefficient (Wildman–Crippen LogP) is 4.95. The lowest BCUT2D eigenvalue weighted by Gasteiger charge is -2.45. The maximum Gasteiger partial charge on any atom is 0.282 e. The highest BCUT2D eigenvalue weighted by Crippen LogP contribution is 2.61. The lowest BCUT2D eigenvalue weighted by Crippen LogP contribution is -2.50. The summed E-state index contributed by atoms with van der Waals surface area (Å²) in [7, 11) is 0. The fourth-order valence-electron chi connectivity index (χ4n) is 6.98. The van der Waals surface area contributed by atoms with Crippen molar-refractivity contribution >= 4 is 29.1 Å². The summed E-state index contributed by atoms with van der Waals surface area (Å²) < 4.78 is 0. The maximum atomic E-state index is 14.4. The van der Waals surface area contributed by atoms with E-state index in [1.807, 2.05) is 48.5 Å². The molecule has 0 saturated carbocycles. The van der Waals surface area contributed by atoms with Crippen molar-refractivity contribution in [2.24, 2.45) is 11.8 Å². The number of rotatable bonds is 6. The normalized spacial score (nSPS) is 21.2. The molecular weight excluding hydrogens is 552 g/mol. The molecule has 43 heavy (non-hydrogen) atoms. The van der Waals surface area contributed by atoms with Gasteiger partial charge in [0.15, 0.2) is 0 Å². The predicted molar refractivity (Wildman–Crippen MR) is 151 cm³/mol. The fraction of sp³-hybridized carbons (Fsp3) is 0.156. The van der Waals surface area contributed by atoms with E-state index in [2.05, 4.69) is 0 Å². The summed E-state index contributed by atoms with van der Waals surface area (Å²) in [4.78, 5) is 64.6. The lowest BCUT2D eigenvalue weighted by molar-refractivity contribution is -0.385. The Balaban J connectivity index is 1.35. The molecule has 3 amide bonds. The molecule has 11 nitrogen and oxygen atoms in total. The Morgan fingerprint density at radius 3 is 1.60 bits per heavy atom. The highest BCUT2D eigenvalue weighted by atomic mass is 16.6. The van der Waals surface area contributed by atoms with Crippen LogP contribution in [0.2, 0.25) is 0 Å². The number of benzene rings is 4. The second kappa shape index (κ2) is 9.69. The topological polar surface area (TPSA) is 144 Å². The van der Waals surface area contributed by atoms with Crippen molar-refractivity contribution in [3.05, 3.63) is 151 Å². The van der Waals surface area contributed by atoms with E-state index in [0.717, 1.165) is 32.3 Å². The number of hydrogen-bond acceptors (Lipinski definition) is 7.